The van der Waals surface area contributed by atoms with Crippen molar-refractivity contribution in [1.29, 1.82) is 0 Å². The molecular formula is C16H20N2O2S. The van der Waals surface area contributed by atoms with Gasteiger partial charge in [0.1, 0.15) is 0 Å². The Morgan fingerprint density at radius 1 is 1.05 bits per heavy atom. The van der Waals surface area contributed by atoms with Gasteiger partial charge in [0, 0.05) is 25.9 Å². The second-order valence-corrected chi connectivity index (χ2v) is 7.55. The lowest BCUT2D eigenvalue weighted by molar-refractivity contribution is 0.521. The molecule has 2 rings (SSSR count). The summed E-state index contributed by atoms with van der Waals surface area (Å²) in [5.74, 6) is 0.311. The van der Waals surface area contributed by atoms with Crippen LogP contribution in [0.5, 0.6) is 0 Å². The van der Waals surface area contributed by atoms with Gasteiger partial charge in [0.15, 0.2) is 0 Å². The maximum atomic E-state index is 12.1. The van der Waals surface area contributed by atoms with E-state index in [0.29, 0.717) is 10.8 Å². The van der Waals surface area contributed by atoms with Crippen molar-refractivity contribution in [1.82, 2.24) is 9.29 Å². The highest BCUT2D eigenvalue weighted by Crippen LogP contribution is 2.28. The van der Waals surface area contributed by atoms with Crippen LogP contribution in [0.15, 0.2) is 47.5 Å². The Hall–Kier alpha value is -1.72. The molecule has 0 bridgehead atoms. The molecule has 21 heavy (non-hydrogen) atoms. The molecule has 0 aliphatic carbocycles. The molecule has 1 heterocycles. The number of nitrogens with zero attached hydrogens (tertiary/aromatic N) is 2. The van der Waals surface area contributed by atoms with E-state index in [1.54, 1.807) is 18.3 Å². The third-order valence-corrected chi connectivity index (χ3v) is 5.16. The lowest BCUT2D eigenvalue weighted by atomic mass is 9.98. The average Bonchev–Trinajstić information content (AvgIpc) is 2.47. The lowest BCUT2D eigenvalue weighted by Crippen LogP contribution is -2.22. The Morgan fingerprint density at radius 3 is 2.19 bits per heavy atom. The minimum absolute atomic E-state index is 0.297. The zero-order valence-electron chi connectivity index (χ0n) is 12.7. The smallest absolute Gasteiger partial charge is 0.242 e. The summed E-state index contributed by atoms with van der Waals surface area (Å²) in [5, 5.41) is 0. The molecule has 0 aliphatic heterocycles. The summed E-state index contributed by atoms with van der Waals surface area (Å²) in [6.07, 6.45) is 1.78. The van der Waals surface area contributed by atoms with Crippen molar-refractivity contribution in [3.63, 3.8) is 0 Å². The fourth-order valence-corrected chi connectivity index (χ4v) is 3.04. The van der Waals surface area contributed by atoms with E-state index in [1.165, 1.54) is 18.4 Å². The molecule has 1 aromatic carbocycles. The molecule has 0 unspecified atom stereocenters. The first-order chi connectivity index (χ1) is 9.84. The monoisotopic (exact) mass is 304 g/mol. The highest BCUT2D eigenvalue weighted by molar-refractivity contribution is 7.89. The van der Waals surface area contributed by atoms with Crippen molar-refractivity contribution in [2.75, 3.05) is 14.1 Å². The van der Waals surface area contributed by atoms with Gasteiger partial charge in [0.25, 0.3) is 0 Å². The summed E-state index contributed by atoms with van der Waals surface area (Å²) in [7, 11) is -0.327. The molecule has 0 radical (unpaired) electrons. The summed E-state index contributed by atoms with van der Waals surface area (Å²) >= 11 is 0. The van der Waals surface area contributed by atoms with E-state index in [4.69, 9.17) is 0 Å². The maximum absolute atomic E-state index is 12.1. The fourth-order valence-electron chi connectivity index (χ4n) is 2.14. The fraction of sp³-hybridized carbons (Fsp3) is 0.312. The van der Waals surface area contributed by atoms with Crippen molar-refractivity contribution in [3.8, 4) is 11.1 Å². The van der Waals surface area contributed by atoms with Gasteiger partial charge in [-0.25, -0.2) is 12.7 Å². The predicted octanol–water partition coefficient (Wildman–Crippen LogP) is 3.12. The minimum atomic E-state index is -3.38. The number of pyridine rings is 1. The Balaban J connectivity index is 2.46. The zero-order chi connectivity index (χ0) is 15.6. The highest BCUT2D eigenvalue weighted by atomic mass is 32.2. The number of hydrogen-bond acceptors (Lipinski definition) is 3. The molecule has 0 spiro atoms. The molecule has 0 aliphatic rings. The van der Waals surface area contributed by atoms with E-state index in [9.17, 15) is 8.42 Å². The maximum Gasteiger partial charge on any atom is 0.242 e. The molecule has 2 aromatic rings. The Labute approximate surface area is 126 Å². The molecule has 0 atom stereocenters. The van der Waals surface area contributed by atoms with Gasteiger partial charge in [-0.1, -0.05) is 32.0 Å². The molecule has 4 nitrogen and oxygen atoms in total. The number of rotatable bonds is 4. The van der Waals surface area contributed by atoms with Crippen LogP contribution in [0, 0.1) is 0 Å². The third kappa shape index (κ3) is 3.14. The van der Waals surface area contributed by atoms with Crippen molar-refractivity contribution in [2.24, 2.45) is 0 Å². The van der Waals surface area contributed by atoms with Crippen LogP contribution in [0.2, 0.25) is 0 Å². The average molecular weight is 304 g/mol. The van der Waals surface area contributed by atoms with Crippen LogP contribution in [0.4, 0.5) is 0 Å². The van der Waals surface area contributed by atoms with E-state index < -0.39 is 10.0 Å². The molecule has 0 N–H and O–H groups in total. The number of sulfonamides is 1. The second-order valence-electron chi connectivity index (χ2n) is 5.40. The quantitative estimate of drug-likeness (QED) is 0.872. The minimum Gasteiger partial charge on any atom is -0.260 e. The standard InChI is InChI=1S/C16H20N2O2S/c1-12(2)16-15(6-5-11-17-16)13-7-9-14(10-8-13)21(19,20)18(3)4/h5-12H,1-4H3. The largest absolute Gasteiger partial charge is 0.260 e. The normalized spacial score (nSPS) is 12.1. The van der Waals surface area contributed by atoms with Gasteiger partial charge in [-0.2, -0.15) is 0 Å². The van der Waals surface area contributed by atoms with E-state index >= 15 is 0 Å². The molecule has 112 valence electrons. The Morgan fingerprint density at radius 2 is 1.67 bits per heavy atom. The molecule has 0 fully saturated rings. The zero-order valence-corrected chi connectivity index (χ0v) is 13.6. The van der Waals surface area contributed by atoms with Gasteiger partial charge >= 0.3 is 0 Å². The van der Waals surface area contributed by atoms with Crippen LogP contribution in [0.1, 0.15) is 25.5 Å². The van der Waals surface area contributed by atoms with E-state index in [-0.39, 0.29) is 0 Å². The van der Waals surface area contributed by atoms with Crippen LogP contribution in [-0.2, 0) is 10.0 Å². The molecule has 1 aromatic heterocycles. The summed E-state index contributed by atoms with van der Waals surface area (Å²) < 4.78 is 25.4. The predicted molar refractivity (Wildman–Crippen MR) is 84.6 cm³/mol. The molecule has 0 amide bonds. The van der Waals surface area contributed by atoms with E-state index in [0.717, 1.165) is 16.8 Å². The first-order valence-electron chi connectivity index (χ1n) is 6.82. The van der Waals surface area contributed by atoms with Crippen LogP contribution >= 0.6 is 0 Å². The summed E-state index contributed by atoms with van der Waals surface area (Å²) in [6.45, 7) is 4.19. The van der Waals surface area contributed by atoms with Crippen molar-refractivity contribution in [2.45, 2.75) is 24.7 Å². The van der Waals surface area contributed by atoms with Crippen LogP contribution in [-0.4, -0.2) is 31.8 Å². The SMILES string of the molecule is CC(C)c1ncccc1-c1ccc(S(=O)(=O)N(C)C)cc1. The van der Waals surface area contributed by atoms with Crippen LogP contribution < -0.4 is 0 Å². The lowest BCUT2D eigenvalue weighted by Gasteiger charge is -2.13. The van der Waals surface area contributed by atoms with Crippen LogP contribution in [0.25, 0.3) is 11.1 Å². The highest BCUT2D eigenvalue weighted by Gasteiger charge is 2.17. The Kier molecular flexibility index (Phi) is 4.44. The van der Waals surface area contributed by atoms with Crippen molar-refractivity contribution in [3.05, 3.63) is 48.3 Å². The number of hydrogen-bond donors (Lipinski definition) is 0. The third-order valence-electron chi connectivity index (χ3n) is 3.33. The summed E-state index contributed by atoms with van der Waals surface area (Å²) in [5.41, 5.74) is 3.03. The number of aromatic nitrogens is 1. The van der Waals surface area contributed by atoms with Gasteiger partial charge in [0.2, 0.25) is 10.0 Å². The summed E-state index contributed by atoms with van der Waals surface area (Å²) in [4.78, 5) is 4.72. The number of benzene rings is 1. The molecule has 0 saturated carbocycles. The molecule has 5 heteroatoms. The van der Waals surface area contributed by atoms with E-state index in [1.807, 2.05) is 24.3 Å². The van der Waals surface area contributed by atoms with Gasteiger partial charge < -0.3 is 0 Å². The topological polar surface area (TPSA) is 50.3 Å². The van der Waals surface area contributed by atoms with Gasteiger partial charge in [-0.15, -0.1) is 0 Å². The second kappa shape index (κ2) is 5.95. The van der Waals surface area contributed by atoms with Crippen LogP contribution in [0.3, 0.4) is 0 Å². The first-order valence-corrected chi connectivity index (χ1v) is 8.26. The van der Waals surface area contributed by atoms with Crippen molar-refractivity contribution < 1.29 is 8.42 Å². The summed E-state index contributed by atoms with van der Waals surface area (Å²) in [6, 6.07) is 10.9. The molecule has 0 saturated heterocycles. The first kappa shape index (κ1) is 15.7. The Bertz CT molecular complexity index is 720. The van der Waals surface area contributed by atoms with Gasteiger partial charge in [-0.05, 0) is 29.7 Å². The van der Waals surface area contributed by atoms with E-state index in [2.05, 4.69) is 18.8 Å². The molecular weight excluding hydrogens is 284 g/mol. The van der Waals surface area contributed by atoms with Crippen molar-refractivity contribution >= 4 is 10.0 Å². The van der Waals surface area contributed by atoms with Gasteiger partial charge in [-0.3, -0.25) is 4.98 Å². The van der Waals surface area contributed by atoms with Gasteiger partial charge in [0.05, 0.1) is 10.6 Å².